The van der Waals surface area contributed by atoms with Crippen LogP contribution in [0.3, 0.4) is 0 Å². The summed E-state index contributed by atoms with van der Waals surface area (Å²) >= 11 is 6.01. The molecule has 0 fully saturated rings. The highest BCUT2D eigenvalue weighted by atomic mass is 35.5. The number of nitro benzene ring substituents is 1. The number of nitrogen functional groups attached to an aromatic ring is 1. The van der Waals surface area contributed by atoms with E-state index in [2.05, 4.69) is 0 Å². The first-order valence-corrected chi connectivity index (χ1v) is 7.44. The number of fused-ring (bicyclic) bond motifs is 1. The number of hydrogen-bond acceptors (Lipinski definition) is 5. The maximum absolute atomic E-state index is 12.4. The average molecular weight is 348 g/mol. The second-order valence-electron chi connectivity index (χ2n) is 5.96. The van der Waals surface area contributed by atoms with Gasteiger partial charge in [-0.15, -0.1) is 0 Å². The zero-order chi connectivity index (χ0) is 17.6. The van der Waals surface area contributed by atoms with Crippen molar-refractivity contribution in [3.63, 3.8) is 0 Å². The van der Waals surface area contributed by atoms with E-state index in [9.17, 15) is 14.9 Å². The van der Waals surface area contributed by atoms with Crippen molar-refractivity contribution in [2.45, 2.75) is 19.4 Å². The molecule has 1 aliphatic rings. The molecule has 0 aliphatic carbocycles. The van der Waals surface area contributed by atoms with Gasteiger partial charge in [-0.2, -0.15) is 0 Å². The number of pyridine rings is 1. The fourth-order valence-corrected chi connectivity index (χ4v) is 2.80. The number of halogens is 1. The molecule has 0 amide bonds. The third-order valence-corrected chi connectivity index (χ3v) is 3.79. The first-order valence-electron chi connectivity index (χ1n) is 7.07. The molecule has 0 radical (unpaired) electrons. The second kappa shape index (κ2) is 5.38. The van der Waals surface area contributed by atoms with E-state index >= 15 is 0 Å². The molecular weight excluding hydrogens is 334 g/mol. The van der Waals surface area contributed by atoms with Crippen LogP contribution in [-0.4, -0.2) is 15.1 Å². The van der Waals surface area contributed by atoms with Gasteiger partial charge in [0.05, 0.1) is 21.3 Å². The van der Waals surface area contributed by atoms with Gasteiger partial charge in [0.1, 0.15) is 11.4 Å². The van der Waals surface area contributed by atoms with Crippen LogP contribution in [0.15, 0.2) is 41.3 Å². The van der Waals surface area contributed by atoms with Crippen molar-refractivity contribution in [3.05, 3.63) is 67.6 Å². The van der Waals surface area contributed by atoms with Crippen LogP contribution < -0.4 is 16.0 Å². The van der Waals surface area contributed by atoms with Crippen LogP contribution in [0.5, 0.6) is 5.75 Å². The molecule has 3 rings (SSSR count). The van der Waals surface area contributed by atoms with Crippen LogP contribution in [0.1, 0.15) is 19.4 Å². The van der Waals surface area contributed by atoms with E-state index in [0.717, 1.165) is 0 Å². The average Bonchev–Trinajstić information content (AvgIpc) is 2.48. The van der Waals surface area contributed by atoms with E-state index in [-0.39, 0.29) is 16.4 Å². The predicted octanol–water partition coefficient (Wildman–Crippen LogP) is 3.05. The van der Waals surface area contributed by atoms with Gasteiger partial charge in [-0.1, -0.05) is 11.6 Å². The Hall–Kier alpha value is -2.80. The lowest BCUT2D eigenvalue weighted by molar-refractivity contribution is -0.384. The van der Waals surface area contributed by atoms with Crippen LogP contribution >= 0.6 is 11.6 Å². The first-order chi connectivity index (χ1) is 11.2. The standard InChI is InChI=1S/C16H14ClN3O4/c1-16(2)7-13(19-8-9(17)5-12(18)15(19)21)11-6-10(20(22)23)3-4-14(11)24-16/h3-8H,18H2,1-2H3. The number of hydrogen-bond donors (Lipinski definition) is 1. The lowest BCUT2D eigenvalue weighted by Gasteiger charge is -2.31. The van der Waals surface area contributed by atoms with Gasteiger partial charge in [-0.05, 0) is 32.1 Å². The highest BCUT2D eigenvalue weighted by Crippen LogP contribution is 2.38. The lowest BCUT2D eigenvalue weighted by Crippen LogP contribution is -2.32. The molecule has 1 aliphatic heterocycles. The van der Waals surface area contributed by atoms with E-state index in [0.29, 0.717) is 17.0 Å². The van der Waals surface area contributed by atoms with Crippen molar-refractivity contribution in [1.29, 1.82) is 0 Å². The summed E-state index contributed by atoms with van der Waals surface area (Å²) in [6.45, 7) is 3.63. The van der Waals surface area contributed by atoms with E-state index in [1.54, 1.807) is 6.08 Å². The van der Waals surface area contributed by atoms with Crippen LogP contribution in [0.2, 0.25) is 5.02 Å². The summed E-state index contributed by atoms with van der Waals surface area (Å²) in [4.78, 5) is 23.0. The summed E-state index contributed by atoms with van der Waals surface area (Å²) in [6.07, 6.45) is 3.13. The number of benzene rings is 1. The molecule has 0 atom stereocenters. The first kappa shape index (κ1) is 16.1. The monoisotopic (exact) mass is 347 g/mol. The molecular formula is C16H14ClN3O4. The number of nitro groups is 1. The van der Waals surface area contributed by atoms with Gasteiger partial charge in [-0.3, -0.25) is 19.5 Å². The summed E-state index contributed by atoms with van der Waals surface area (Å²) in [5.74, 6) is 0.438. The van der Waals surface area contributed by atoms with Gasteiger partial charge < -0.3 is 10.5 Å². The SMILES string of the molecule is CC1(C)C=C(n2cc(Cl)cc(N)c2=O)c2cc([N+](=O)[O-])ccc2O1. The van der Waals surface area contributed by atoms with Crippen molar-refractivity contribution in [3.8, 4) is 5.75 Å². The Labute approximate surface area is 142 Å². The zero-order valence-corrected chi connectivity index (χ0v) is 13.7. The molecule has 2 N–H and O–H groups in total. The molecule has 2 aromatic rings. The molecule has 0 saturated carbocycles. The fourth-order valence-electron chi connectivity index (χ4n) is 2.59. The second-order valence-corrected chi connectivity index (χ2v) is 6.40. The minimum Gasteiger partial charge on any atom is -0.483 e. The van der Waals surface area contributed by atoms with Crippen molar-refractivity contribution in [2.75, 3.05) is 5.73 Å². The minimum atomic E-state index is -0.713. The summed E-state index contributed by atoms with van der Waals surface area (Å²) < 4.78 is 7.11. The highest BCUT2D eigenvalue weighted by Gasteiger charge is 2.29. The number of nitrogens with zero attached hydrogens (tertiary/aromatic N) is 2. The van der Waals surface area contributed by atoms with Crippen molar-refractivity contribution < 1.29 is 9.66 Å². The zero-order valence-electron chi connectivity index (χ0n) is 12.9. The number of nitrogens with two attached hydrogens (primary N) is 1. The topological polar surface area (TPSA) is 100 Å². The molecule has 24 heavy (non-hydrogen) atoms. The molecule has 124 valence electrons. The number of rotatable bonds is 2. The van der Waals surface area contributed by atoms with Crippen LogP contribution in [0.25, 0.3) is 5.70 Å². The Kier molecular flexibility index (Phi) is 3.60. The number of anilines is 1. The van der Waals surface area contributed by atoms with E-state index in [1.165, 1.54) is 35.0 Å². The van der Waals surface area contributed by atoms with Gasteiger partial charge >= 0.3 is 0 Å². The molecule has 8 heteroatoms. The predicted molar refractivity (Wildman–Crippen MR) is 91.3 cm³/mol. The molecule has 1 aromatic heterocycles. The number of aromatic nitrogens is 1. The molecule has 0 unspecified atom stereocenters. The summed E-state index contributed by atoms with van der Waals surface area (Å²) in [5, 5.41) is 11.3. The Morgan fingerprint density at radius 1 is 1.33 bits per heavy atom. The maximum Gasteiger partial charge on any atom is 0.278 e. The molecule has 0 bridgehead atoms. The Balaban J connectivity index is 2.31. The maximum atomic E-state index is 12.4. The highest BCUT2D eigenvalue weighted by molar-refractivity contribution is 6.30. The van der Waals surface area contributed by atoms with E-state index in [1.807, 2.05) is 13.8 Å². The lowest BCUT2D eigenvalue weighted by atomic mass is 9.98. The summed E-state index contributed by atoms with van der Waals surface area (Å²) in [5.41, 5.74) is 5.28. The van der Waals surface area contributed by atoms with Gasteiger partial charge in [0.2, 0.25) is 0 Å². The smallest absolute Gasteiger partial charge is 0.278 e. The van der Waals surface area contributed by atoms with E-state index in [4.69, 9.17) is 22.1 Å². The van der Waals surface area contributed by atoms with Gasteiger partial charge in [-0.25, -0.2) is 0 Å². The van der Waals surface area contributed by atoms with Crippen molar-refractivity contribution in [1.82, 2.24) is 4.57 Å². The quantitative estimate of drug-likeness (QED) is 0.664. The third-order valence-electron chi connectivity index (χ3n) is 3.58. The Morgan fingerprint density at radius 2 is 2.04 bits per heavy atom. The van der Waals surface area contributed by atoms with Gasteiger partial charge in [0.15, 0.2) is 0 Å². The Bertz CT molecular complexity index is 947. The largest absolute Gasteiger partial charge is 0.483 e. The molecule has 0 saturated heterocycles. The molecule has 0 spiro atoms. The third kappa shape index (κ3) is 2.74. The summed E-state index contributed by atoms with van der Waals surface area (Å²) in [6, 6.07) is 5.59. The van der Waals surface area contributed by atoms with E-state index < -0.39 is 16.1 Å². The Morgan fingerprint density at radius 3 is 2.71 bits per heavy atom. The van der Waals surface area contributed by atoms with Gasteiger partial charge in [0, 0.05) is 23.9 Å². The summed E-state index contributed by atoms with van der Waals surface area (Å²) in [7, 11) is 0. The van der Waals surface area contributed by atoms with Crippen LogP contribution in [0.4, 0.5) is 11.4 Å². The normalized spacial score (nSPS) is 15.2. The van der Waals surface area contributed by atoms with Crippen LogP contribution in [-0.2, 0) is 0 Å². The molecule has 1 aromatic carbocycles. The molecule has 7 nitrogen and oxygen atoms in total. The fraction of sp³-hybridized carbons (Fsp3) is 0.188. The molecule has 2 heterocycles. The van der Waals surface area contributed by atoms with Crippen molar-refractivity contribution >= 4 is 28.7 Å². The minimum absolute atomic E-state index is 0.0142. The number of non-ortho nitro benzene ring substituents is 1. The van der Waals surface area contributed by atoms with Crippen molar-refractivity contribution in [2.24, 2.45) is 0 Å². The number of ether oxygens (including phenoxy) is 1. The van der Waals surface area contributed by atoms with Gasteiger partial charge in [0.25, 0.3) is 11.2 Å². The van der Waals surface area contributed by atoms with Crippen LogP contribution in [0, 0.1) is 10.1 Å².